The van der Waals surface area contributed by atoms with Gasteiger partial charge in [-0.05, 0) is 25.1 Å². The minimum Gasteiger partial charge on any atom is -0.493 e. The molecule has 0 bridgehead atoms. The number of Topliss-reactive ketones (excluding diaryl/α,β-unsaturated/α-hetero) is 1. The van der Waals surface area contributed by atoms with Gasteiger partial charge in [-0.25, -0.2) is 4.39 Å². The lowest BCUT2D eigenvalue weighted by Gasteiger charge is -2.13. The molecule has 106 valence electrons. The van der Waals surface area contributed by atoms with Crippen molar-refractivity contribution >= 4 is 5.78 Å². The van der Waals surface area contributed by atoms with Crippen LogP contribution in [0.5, 0.6) is 5.75 Å². The van der Waals surface area contributed by atoms with Crippen LogP contribution < -0.4 is 4.74 Å². The van der Waals surface area contributed by atoms with Crippen molar-refractivity contribution in [1.82, 2.24) is 0 Å². The van der Waals surface area contributed by atoms with E-state index >= 15 is 0 Å². The number of benzene rings is 2. The van der Waals surface area contributed by atoms with E-state index in [0.29, 0.717) is 12.4 Å². The van der Waals surface area contributed by atoms with Gasteiger partial charge in [0.25, 0.3) is 0 Å². The second-order valence-corrected chi connectivity index (χ2v) is 4.38. The molecule has 0 aliphatic heterocycles. The Balaban J connectivity index is 2.43. The van der Waals surface area contributed by atoms with Crippen LogP contribution in [-0.4, -0.2) is 12.4 Å². The fraction of sp³-hybridized carbons (Fsp3) is 0.176. The van der Waals surface area contributed by atoms with E-state index < -0.39 is 17.5 Å². The number of ketones is 1. The molecule has 0 spiro atoms. The van der Waals surface area contributed by atoms with Crippen LogP contribution in [0.15, 0.2) is 48.5 Å². The SMILES string of the molecule is CCOc1ccccc1C(=O)C(C#N)c1ccccc1F. The zero-order valence-electron chi connectivity index (χ0n) is 11.5. The lowest BCUT2D eigenvalue weighted by molar-refractivity contribution is 0.0974. The van der Waals surface area contributed by atoms with Crippen LogP contribution in [0.1, 0.15) is 28.8 Å². The maximum Gasteiger partial charge on any atom is 0.188 e. The average Bonchev–Trinajstić information content (AvgIpc) is 2.50. The number of carbonyl (C=O) groups excluding carboxylic acids is 1. The molecular formula is C17H14FNO2. The lowest BCUT2D eigenvalue weighted by Crippen LogP contribution is -2.14. The topological polar surface area (TPSA) is 50.1 Å². The molecule has 0 N–H and O–H groups in total. The summed E-state index contributed by atoms with van der Waals surface area (Å²) in [5, 5.41) is 9.28. The van der Waals surface area contributed by atoms with Crippen molar-refractivity contribution in [2.75, 3.05) is 6.61 Å². The number of carbonyl (C=O) groups is 1. The summed E-state index contributed by atoms with van der Waals surface area (Å²) in [5.41, 5.74) is 0.366. The molecule has 3 nitrogen and oxygen atoms in total. The number of hydrogen-bond donors (Lipinski definition) is 0. The molecule has 1 unspecified atom stereocenters. The molecule has 0 radical (unpaired) electrons. The molecule has 2 rings (SSSR count). The Morgan fingerprint density at radius 1 is 1.24 bits per heavy atom. The first-order valence-electron chi connectivity index (χ1n) is 6.59. The third kappa shape index (κ3) is 3.09. The van der Waals surface area contributed by atoms with Gasteiger partial charge in [0.2, 0.25) is 0 Å². The summed E-state index contributed by atoms with van der Waals surface area (Å²) < 4.78 is 19.2. The van der Waals surface area contributed by atoms with E-state index in [4.69, 9.17) is 4.74 Å². The monoisotopic (exact) mass is 283 g/mol. The fourth-order valence-corrected chi connectivity index (χ4v) is 2.09. The summed E-state index contributed by atoms with van der Waals surface area (Å²) in [4.78, 5) is 12.6. The van der Waals surface area contributed by atoms with E-state index in [1.54, 1.807) is 37.3 Å². The van der Waals surface area contributed by atoms with Gasteiger partial charge in [-0.3, -0.25) is 4.79 Å². The number of para-hydroxylation sites is 1. The van der Waals surface area contributed by atoms with Crippen LogP contribution in [0.2, 0.25) is 0 Å². The van der Waals surface area contributed by atoms with Crippen molar-refractivity contribution in [3.63, 3.8) is 0 Å². The number of nitriles is 1. The zero-order chi connectivity index (χ0) is 15.2. The molecule has 0 saturated heterocycles. The highest BCUT2D eigenvalue weighted by molar-refractivity contribution is 6.04. The highest BCUT2D eigenvalue weighted by atomic mass is 19.1. The van der Waals surface area contributed by atoms with Crippen LogP contribution in [0.25, 0.3) is 0 Å². The summed E-state index contributed by atoms with van der Waals surface area (Å²) in [6.45, 7) is 2.21. The highest BCUT2D eigenvalue weighted by Gasteiger charge is 2.26. The van der Waals surface area contributed by atoms with Gasteiger partial charge in [0.1, 0.15) is 17.5 Å². The first kappa shape index (κ1) is 14.7. The van der Waals surface area contributed by atoms with Gasteiger partial charge >= 0.3 is 0 Å². The third-order valence-electron chi connectivity index (χ3n) is 3.06. The van der Waals surface area contributed by atoms with E-state index in [2.05, 4.69) is 0 Å². The van der Waals surface area contributed by atoms with Gasteiger partial charge < -0.3 is 4.74 Å². The molecule has 0 amide bonds. The van der Waals surface area contributed by atoms with Crippen molar-refractivity contribution in [2.45, 2.75) is 12.8 Å². The van der Waals surface area contributed by atoms with Crippen molar-refractivity contribution in [2.24, 2.45) is 0 Å². The highest BCUT2D eigenvalue weighted by Crippen LogP contribution is 2.27. The van der Waals surface area contributed by atoms with Crippen LogP contribution in [-0.2, 0) is 0 Å². The Morgan fingerprint density at radius 2 is 1.90 bits per heavy atom. The maximum atomic E-state index is 13.8. The van der Waals surface area contributed by atoms with Crippen LogP contribution in [0, 0.1) is 17.1 Å². The molecule has 4 heteroatoms. The molecule has 21 heavy (non-hydrogen) atoms. The smallest absolute Gasteiger partial charge is 0.188 e. The molecule has 0 aliphatic carbocycles. The van der Waals surface area contributed by atoms with Crippen LogP contribution >= 0.6 is 0 Å². The second-order valence-electron chi connectivity index (χ2n) is 4.38. The maximum absolute atomic E-state index is 13.8. The van der Waals surface area contributed by atoms with E-state index in [1.165, 1.54) is 18.2 Å². The van der Waals surface area contributed by atoms with E-state index in [9.17, 15) is 14.4 Å². The third-order valence-corrected chi connectivity index (χ3v) is 3.06. The Bertz CT molecular complexity index is 691. The van der Waals surface area contributed by atoms with E-state index in [-0.39, 0.29) is 11.1 Å². The Labute approximate surface area is 122 Å². The van der Waals surface area contributed by atoms with Gasteiger partial charge in [-0.2, -0.15) is 5.26 Å². The number of nitrogens with zero attached hydrogens (tertiary/aromatic N) is 1. The van der Waals surface area contributed by atoms with Crippen molar-refractivity contribution in [1.29, 1.82) is 5.26 Å². The molecule has 2 aromatic carbocycles. The largest absolute Gasteiger partial charge is 0.493 e. The van der Waals surface area contributed by atoms with Crippen molar-refractivity contribution in [3.8, 4) is 11.8 Å². The van der Waals surface area contributed by atoms with Gasteiger partial charge in [0, 0.05) is 5.56 Å². The number of halogens is 1. The predicted octanol–water partition coefficient (Wildman–Crippen LogP) is 3.71. The average molecular weight is 283 g/mol. The fourth-order valence-electron chi connectivity index (χ4n) is 2.09. The van der Waals surface area contributed by atoms with Crippen molar-refractivity contribution < 1.29 is 13.9 Å². The van der Waals surface area contributed by atoms with E-state index in [0.717, 1.165) is 0 Å². The second kappa shape index (κ2) is 6.67. The standard InChI is InChI=1S/C17H14FNO2/c1-2-21-16-10-6-4-8-13(16)17(20)14(11-19)12-7-3-5-9-15(12)18/h3-10,14H,2H2,1H3. The number of rotatable bonds is 5. The normalized spacial score (nSPS) is 11.5. The van der Waals surface area contributed by atoms with Crippen LogP contribution in [0.4, 0.5) is 4.39 Å². The summed E-state index contributed by atoms with van der Waals surface area (Å²) in [6.07, 6.45) is 0. The minimum absolute atomic E-state index is 0.0799. The Morgan fingerprint density at radius 3 is 2.57 bits per heavy atom. The summed E-state index contributed by atoms with van der Waals surface area (Å²) >= 11 is 0. The van der Waals surface area contributed by atoms with Gasteiger partial charge in [-0.1, -0.05) is 30.3 Å². The van der Waals surface area contributed by atoms with Gasteiger partial charge in [0.05, 0.1) is 18.2 Å². The quantitative estimate of drug-likeness (QED) is 0.786. The molecule has 0 aliphatic rings. The Hall–Kier alpha value is -2.67. The molecule has 0 saturated carbocycles. The molecule has 1 atom stereocenters. The molecule has 2 aromatic rings. The summed E-state index contributed by atoms with van der Waals surface area (Å²) in [7, 11) is 0. The zero-order valence-corrected chi connectivity index (χ0v) is 11.5. The predicted molar refractivity (Wildman–Crippen MR) is 76.7 cm³/mol. The summed E-state index contributed by atoms with van der Waals surface area (Å²) in [6, 6.07) is 14.4. The number of hydrogen-bond acceptors (Lipinski definition) is 3. The molecular weight excluding hydrogens is 269 g/mol. The minimum atomic E-state index is -1.19. The van der Waals surface area contributed by atoms with Crippen molar-refractivity contribution in [3.05, 3.63) is 65.5 Å². The molecule has 0 aromatic heterocycles. The first-order valence-corrected chi connectivity index (χ1v) is 6.59. The van der Waals surface area contributed by atoms with Crippen LogP contribution in [0.3, 0.4) is 0 Å². The Kier molecular flexibility index (Phi) is 4.68. The number of ether oxygens (including phenoxy) is 1. The first-order chi connectivity index (χ1) is 10.2. The van der Waals surface area contributed by atoms with E-state index in [1.807, 2.05) is 6.07 Å². The summed E-state index contributed by atoms with van der Waals surface area (Å²) in [5.74, 6) is -1.81. The lowest BCUT2D eigenvalue weighted by atomic mass is 9.91. The van der Waals surface area contributed by atoms with Gasteiger partial charge in [-0.15, -0.1) is 0 Å². The molecule has 0 fully saturated rings. The van der Waals surface area contributed by atoms with Gasteiger partial charge in [0.15, 0.2) is 5.78 Å². The molecule has 0 heterocycles.